The highest BCUT2D eigenvalue weighted by atomic mass is 19.4. The first-order valence-electron chi connectivity index (χ1n) is 12.6. The highest BCUT2D eigenvalue weighted by Crippen LogP contribution is 2.30. The lowest BCUT2D eigenvalue weighted by Gasteiger charge is -2.25. The van der Waals surface area contributed by atoms with Crippen molar-refractivity contribution in [2.24, 2.45) is 0 Å². The van der Waals surface area contributed by atoms with Gasteiger partial charge in [0, 0.05) is 24.8 Å². The van der Waals surface area contributed by atoms with Gasteiger partial charge in [-0.1, -0.05) is 36.4 Å². The summed E-state index contributed by atoms with van der Waals surface area (Å²) in [6.45, 7) is 3.77. The van der Waals surface area contributed by atoms with Gasteiger partial charge in [0.25, 0.3) is 0 Å². The van der Waals surface area contributed by atoms with Gasteiger partial charge >= 0.3 is 12.1 Å². The van der Waals surface area contributed by atoms with E-state index in [1.54, 1.807) is 30.5 Å². The summed E-state index contributed by atoms with van der Waals surface area (Å²) >= 11 is 0. The van der Waals surface area contributed by atoms with Gasteiger partial charge in [-0.2, -0.15) is 13.2 Å². The number of nitrogens with zero attached hydrogens (tertiary/aromatic N) is 2. The fraction of sp³-hybridized carbons (Fsp3) is 0.226. The highest BCUT2D eigenvalue weighted by Gasteiger charge is 2.30. The lowest BCUT2D eigenvalue weighted by molar-refractivity contribution is -0.152. The van der Waals surface area contributed by atoms with E-state index in [0.717, 1.165) is 28.8 Å². The van der Waals surface area contributed by atoms with Crippen LogP contribution < -0.4 is 9.64 Å². The number of aromatic nitrogens is 1. The van der Waals surface area contributed by atoms with E-state index < -0.39 is 23.3 Å². The van der Waals surface area contributed by atoms with Crippen LogP contribution in [0.4, 0.5) is 23.4 Å². The second-order valence-electron chi connectivity index (χ2n) is 9.84. The highest BCUT2D eigenvalue weighted by molar-refractivity contribution is 5.76. The molecule has 3 aromatic carbocycles. The number of anilines is 1. The van der Waals surface area contributed by atoms with Crippen LogP contribution in [0, 0.1) is 5.82 Å². The molecule has 0 aliphatic heterocycles. The molecule has 40 heavy (non-hydrogen) atoms. The molecule has 1 heterocycles. The summed E-state index contributed by atoms with van der Waals surface area (Å²) in [7, 11) is 0. The number of pyridine rings is 1. The van der Waals surface area contributed by atoms with Crippen molar-refractivity contribution in [3.8, 4) is 16.9 Å². The molecule has 1 aromatic heterocycles. The number of halogens is 4. The average Bonchev–Trinajstić information content (AvgIpc) is 2.92. The van der Waals surface area contributed by atoms with Gasteiger partial charge in [0.15, 0.2) is 5.60 Å². The Morgan fingerprint density at radius 3 is 2.00 bits per heavy atom. The zero-order valence-corrected chi connectivity index (χ0v) is 22.0. The molecule has 0 atom stereocenters. The van der Waals surface area contributed by atoms with Crippen LogP contribution in [-0.4, -0.2) is 28.2 Å². The van der Waals surface area contributed by atoms with E-state index in [1.807, 2.05) is 29.2 Å². The zero-order valence-electron chi connectivity index (χ0n) is 22.0. The summed E-state index contributed by atoms with van der Waals surface area (Å²) in [6, 6.07) is 21.9. The molecule has 0 saturated carbocycles. The van der Waals surface area contributed by atoms with Crippen LogP contribution in [0.15, 0.2) is 91.1 Å². The lowest BCUT2D eigenvalue weighted by Crippen LogP contribution is -2.37. The number of rotatable bonds is 10. The Labute approximate surface area is 229 Å². The Kier molecular flexibility index (Phi) is 8.42. The first kappa shape index (κ1) is 28.6. The van der Waals surface area contributed by atoms with Crippen LogP contribution in [0.5, 0.6) is 5.75 Å². The van der Waals surface area contributed by atoms with Crippen molar-refractivity contribution in [3.05, 3.63) is 114 Å². The van der Waals surface area contributed by atoms with Crippen molar-refractivity contribution < 1.29 is 32.2 Å². The number of aliphatic carboxylic acids is 1. The van der Waals surface area contributed by atoms with Gasteiger partial charge in [-0.15, -0.1) is 0 Å². The number of carbonyl (C=O) groups is 1. The summed E-state index contributed by atoms with van der Waals surface area (Å²) < 4.78 is 58.0. The van der Waals surface area contributed by atoms with Crippen molar-refractivity contribution in [2.45, 2.75) is 38.6 Å². The number of alkyl halides is 3. The molecule has 4 rings (SSSR count). The standard InChI is InChI=1S/C31H28F4N2O3/c1-30(2,29(38)39)40-27-14-5-21(6-15-27)17-18-37(20-22-3-10-25(11-4-22)31(33,34)35)28-16-9-24(19-36-28)23-7-12-26(32)13-8-23/h3-16,19H,17-18,20H2,1-2H3,(H,38,39). The number of benzene rings is 3. The second kappa shape index (κ2) is 11.8. The minimum absolute atomic E-state index is 0.328. The van der Waals surface area contributed by atoms with Crippen LogP contribution in [-0.2, 0) is 23.9 Å². The maximum absolute atomic E-state index is 13.3. The molecule has 0 fully saturated rings. The van der Waals surface area contributed by atoms with E-state index in [1.165, 1.54) is 38.1 Å². The van der Waals surface area contributed by atoms with Gasteiger partial charge in [0.05, 0.1) is 5.56 Å². The molecule has 1 N–H and O–H groups in total. The first-order valence-corrected chi connectivity index (χ1v) is 12.6. The molecular formula is C31H28F4N2O3. The van der Waals surface area contributed by atoms with Crippen LogP contribution in [0.3, 0.4) is 0 Å². The van der Waals surface area contributed by atoms with Gasteiger partial charge in [-0.25, -0.2) is 14.2 Å². The Bertz CT molecular complexity index is 1420. The third-order valence-corrected chi connectivity index (χ3v) is 6.39. The topological polar surface area (TPSA) is 62.7 Å². The van der Waals surface area contributed by atoms with Crippen LogP contribution in [0.25, 0.3) is 11.1 Å². The van der Waals surface area contributed by atoms with Crippen LogP contribution in [0.1, 0.15) is 30.5 Å². The van der Waals surface area contributed by atoms with Crippen molar-refractivity contribution >= 4 is 11.8 Å². The lowest BCUT2D eigenvalue weighted by atomic mass is 10.1. The van der Waals surface area contributed by atoms with Gasteiger partial charge < -0.3 is 14.7 Å². The molecule has 5 nitrogen and oxygen atoms in total. The Morgan fingerprint density at radius 1 is 0.850 bits per heavy atom. The van der Waals surface area contributed by atoms with E-state index in [-0.39, 0.29) is 5.82 Å². The van der Waals surface area contributed by atoms with E-state index in [0.29, 0.717) is 36.6 Å². The Hall–Kier alpha value is -4.40. The Morgan fingerprint density at radius 2 is 1.45 bits per heavy atom. The zero-order chi connectivity index (χ0) is 28.9. The predicted molar refractivity (Wildman–Crippen MR) is 145 cm³/mol. The number of hydrogen-bond acceptors (Lipinski definition) is 4. The smallest absolute Gasteiger partial charge is 0.416 e. The Balaban J connectivity index is 1.52. The van der Waals surface area contributed by atoms with Gasteiger partial charge in [-0.3, -0.25) is 0 Å². The molecule has 0 unspecified atom stereocenters. The molecule has 0 radical (unpaired) electrons. The monoisotopic (exact) mass is 552 g/mol. The van der Waals surface area contributed by atoms with Crippen molar-refractivity contribution in [1.29, 1.82) is 0 Å². The normalized spacial score (nSPS) is 11.8. The summed E-state index contributed by atoms with van der Waals surface area (Å²) in [5.41, 5.74) is 1.18. The molecule has 0 saturated heterocycles. The molecule has 9 heteroatoms. The van der Waals surface area contributed by atoms with E-state index >= 15 is 0 Å². The maximum atomic E-state index is 13.3. The first-order chi connectivity index (χ1) is 18.9. The molecule has 4 aromatic rings. The second-order valence-corrected chi connectivity index (χ2v) is 9.84. The summed E-state index contributed by atoms with van der Waals surface area (Å²) in [4.78, 5) is 17.9. The van der Waals surface area contributed by atoms with Crippen molar-refractivity contribution in [1.82, 2.24) is 4.98 Å². The summed E-state index contributed by atoms with van der Waals surface area (Å²) in [6.07, 6.45) is -2.14. The van der Waals surface area contributed by atoms with E-state index in [9.17, 15) is 27.5 Å². The SMILES string of the molecule is CC(C)(Oc1ccc(CCN(Cc2ccc(C(F)(F)F)cc2)c2ccc(-c3ccc(F)cc3)cn2)cc1)C(=O)O. The molecule has 208 valence electrons. The molecule has 0 spiro atoms. The van der Waals surface area contributed by atoms with Crippen molar-refractivity contribution in [2.75, 3.05) is 11.4 Å². The fourth-order valence-corrected chi connectivity index (χ4v) is 4.01. The molecule has 0 aliphatic rings. The molecule has 0 amide bonds. The van der Waals surface area contributed by atoms with E-state index in [2.05, 4.69) is 4.98 Å². The fourth-order valence-electron chi connectivity index (χ4n) is 4.01. The van der Waals surface area contributed by atoms with Gasteiger partial charge in [0.1, 0.15) is 17.4 Å². The summed E-state index contributed by atoms with van der Waals surface area (Å²) in [5, 5.41) is 9.27. The largest absolute Gasteiger partial charge is 0.478 e. The number of carboxylic acid groups (broad SMARTS) is 1. The minimum atomic E-state index is -4.41. The van der Waals surface area contributed by atoms with Crippen LogP contribution >= 0.6 is 0 Å². The van der Waals surface area contributed by atoms with Gasteiger partial charge in [0.2, 0.25) is 0 Å². The number of ether oxygens (including phenoxy) is 1. The number of carboxylic acids is 1. The number of hydrogen-bond donors (Lipinski definition) is 1. The van der Waals surface area contributed by atoms with Crippen molar-refractivity contribution in [3.63, 3.8) is 0 Å². The minimum Gasteiger partial charge on any atom is -0.478 e. The predicted octanol–water partition coefficient (Wildman–Crippen LogP) is 7.40. The quantitative estimate of drug-likeness (QED) is 0.208. The average molecular weight is 553 g/mol. The third kappa shape index (κ3) is 7.37. The maximum Gasteiger partial charge on any atom is 0.416 e. The van der Waals surface area contributed by atoms with E-state index in [4.69, 9.17) is 4.74 Å². The van der Waals surface area contributed by atoms with Crippen LogP contribution in [0.2, 0.25) is 0 Å². The molecular weight excluding hydrogens is 524 g/mol. The third-order valence-electron chi connectivity index (χ3n) is 6.39. The summed E-state index contributed by atoms with van der Waals surface area (Å²) in [5.74, 6) is -0.348. The molecule has 0 bridgehead atoms. The molecule has 0 aliphatic carbocycles. The van der Waals surface area contributed by atoms with Gasteiger partial charge in [-0.05, 0) is 85.5 Å².